The first-order chi connectivity index (χ1) is 11.6. The van der Waals surface area contributed by atoms with E-state index in [4.69, 9.17) is 4.42 Å². The van der Waals surface area contributed by atoms with E-state index in [0.29, 0.717) is 5.69 Å². The van der Waals surface area contributed by atoms with Crippen LogP contribution < -0.4 is 4.90 Å². The molecule has 2 amide bonds. The average molecular weight is 342 g/mol. The molecule has 0 aliphatic carbocycles. The third-order valence-electron chi connectivity index (χ3n) is 3.11. The predicted octanol–water partition coefficient (Wildman–Crippen LogP) is 3.98. The number of nitrogens with zero attached hydrogens (tertiary/aromatic N) is 2. The van der Waals surface area contributed by atoms with Gasteiger partial charge in [-0.3, -0.25) is 19.7 Å². The van der Waals surface area contributed by atoms with Crippen molar-refractivity contribution in [2.75, 3.05) is 4.90 Å². The summed E-state index contributed by atoms with van der Waals surface area (Å²) >= 11 is 0.830. The van der Waals surface area contributed by atoms with E-state index < -0.39 is 10.8 Å². The van der Waals surface area contributed by atoms with Crippen LogP contribution in [0.1, 0.15) is 5.76 Å². The number of carbonyl (C=O) groups excluding carboxylic acids is 2. The maximum atomic E-state index is 12.3. The molecule has 0 radical (unpaired) electrons. The molecule has 1 aliphatic heterocycles. The Morgan fingerprint density at radius 2 is 1.88 bits per heavy atom. The number of furan rings is 1. The molecule has 0 spiro atoms. The number of nitro groups is 1. The molecule has 1 saturated heterocycles. The summed E-state index contributed by atoms with van der Waals surface area (Å²) < 4.78 is 4.96. The van der Waals surface area contributed by atoms with Gasteiger partial charge in [0.05, 0.1) is 16.7 Å². The molecule has 1 aromatic carbocycles. The standard InChI is InChI=1S/C16H10N2O5S/c19-15-13(8-4-7-12-9-10-14(23-12)18(21)22)24-16(20)17(15)11-5-2-1-3-6-11/h1-10H/b7-4+,13-8+. The van der Waals surface area contributed by atoms with Crippen LogP contribution >= 0.6 is 11.8 Å². The second kappa shape index (κ2) is 6.55. The predicted molar refractivity (Wildman–Crippen MR) is 89.4 cm³/mol. The first-order valence-electron chi connectivity index (χ1n) is 6.80. The van der Waals surface area contributed by atoms with Crippen LogP contribution in [0.25, 0.3) is 6.08 Å². The number of carbonyl (C=O) groups is 2. The van der Waals surface area contributed by atoms with E-state index in [1.807, 2.05) is 0 Å². The van der Waals surface area contributed by atoms with Crippen molar-refractivity contribution >= 4 is 40.6 Å². The Balaban J connectivity index is 1.76. The summed E-state index contributed by atoms with van der Waals surface area (Å²) in [6, 6.07) is 11.3. The molecule has 0 saturated carbocycles. The van der Waals surface area contributed by atoms with Crippen molar-refractivity contribution in [2.45, 2.75) is 0 Å². The highest BCUT2D eigenvalue weighted by Crippen LogP contribution is 2.34. The van der Waals surface area contributed by atoms with Gasteiger partial charge in [0.1, 0.15) is 10.7 Å². The smallest absolute Gasteiger partial charge is 0.401 e. The molecule has 7 nitrogen and oxygen atoms in total. The molecule has 120 valence electrons. The molecule has 0 bridgehead atoms. The van der Waals surface area contributed by atoms with Gasteiger partial charge in [-0.15, -0.1) is 0 Å². The number of hydrogen-bond acceptors (Lipinski definition) is 6. The van der Waals surface area contributed by atoms with Gasteiger partial charge in [0, 0.05) is 0 Å². The maximum Gasteiger partial charge on any atom is 0.433 e. The molecule has 1 aliphatic rings. The molecule has 0 atom stereocenters. The summed E-state index contributed by atoms with van der Waals surface area (Å²) in [5, 5.41) is 10.2. The second-order valence-electron chi connectivity index (χ2n) is 4.67. The summed E-state index contributed by atoms with van der Waals surface area (Å²) in [5.41, 5.74) is 0.508. The van der Waals surface area contributed by atoms with Crippen molar-refractivity contribution < 1.29 is 18.9 Å². The zero-order valence-electron chi connectivity index (χ0n) is 12.1. The minimum atomic E-state index is -0.636. The topological polar surface area (TPSA) is 93.7 Å². The highest BCUT2D eigenvalue weighted by atomic mass is 32.2. The molecule has 2 aromatic rings. The Morgan fingerprint density at radius 1 is 1.12 bits per heavy atom. The van der Waals surface area contributed by atoms with Gasteiger partial charge in [0.2, 0.25) is 0 Å². The fourth-order valence-corrected chi connectivity index (χ4v) is 2.83. The minimum Gasteiger partial charge on any atom is -0.401 e. The van der Waals surface area contributed by atoms with Crippen molar-refractivity contribution in [1.29, 1.82) is 0 Å². The molecule has 8 heteroatoms. The lowest BCUT2D eigenvalue weighted by Gasteiger charge is -2.11. The number of anilines is 1. The molecular weight excluding hydrogens is 332 g/mol. The first kappa shape index (κ1) is 15.8. The Kier molecular flexibility index (Phi) is 4.30. The lowest BCUT2D eigenvalue weighted by Crippen LogP contribution is -2.27. The van der Waals surface area contributed by atoms with Gasteiger partial charge in [0.25, 0.3) is 11.1 Å². The number of amides is 2. The lowest BCUT2D eigenvalue weighted by molar-refractivity contribution is -0.402. The van der Waals surface area contributed by atoms with Crippen LogP contribution in [0, 0.1) is 10.1 Å². The maximum absolute atomic E-state index is 12.3. The number of allylic oxidation sites excluding steroid dienone is 2. The average Bonchev–Trinajstić information content (AvgIpc) is 3.14. The number of para-hydroxylation sites is 1. The van der Waals surface area contributed by atoms with Crippen LogP contribution in [-0.2, 0) is 4.79 Å². The van der Waals surface area contributed by atoms with Crippen LogP contribution in [0.2, 0.25) is 0 Å². The summed E-state index contributed by atoms with van der Waals surface area (Å²) in [6.07, 6.45) is 4.45. The Hall–Kier alpha value is -3.13. The zero-order chi connectivity index (χ0) is 17.1. The first-order valence-corrected chi connectivity index (χ1v) is 7.62. The molecule has 0 N–H and O–H groups in total. The summed E-state index contributed by atoms with van der Waals surface area (Å²) in [5.74, 6) is -0.495. The number of thioether (sulfide) groups is 1. The summed E-state index contributed by atoms with van der Waals surface area (Å²) in [4.78, 5) is 35.6. The van der Waals surface area contributed by atoms with Crippen LogP contribution in [0.5, 0.6) is 0 Å². The highest BCUT2D eigenvalue weighted by Gasteiger charge is 2.35. The Labute approximate surface area is 140 Å². The molecule has 0 unspecified atom stereocenters. The number of hydrogen-bond donors (Lipinski definition) is 0. The number of benzene rings is 1. The number of rotatable bonds is 4. The van der Waals surface area contributed by atoms with E-state index in [-0.39, 0.29) is 21.8 Å². The van der Waals surface area contributed by atoms with E-state index in [1.54, 1.807) is 30.3 Å². The third-order valence-corrected chi connectivity index (χ3v) is 4.00. The molecule has 1 fully saturated rings. The Bertz CT molecular complexity index is 870. The van der Waals surface area contributed by atoms with E-state index in [9.17, 15) is 19.7 Å². The summed E-state index contributed by atoms with van der Waals surface area (Å²) in [6.45, 7) is 0. The highest BCUT2D eigenvalue weighted by molar-refractivity contribution is 8.18. The monoisotopic (exact) mass is 342 g/mol. The van der Waals surface area contributed by atoms with Crippen LogP contribution in [-0.4, -0.2) is 16.1 Å². The SMILES string of the molecule is O=C1S/C(=C/C=C/c2ccc([N+](=O)[O-])o2)C(=O)N1c1ccccc1. The van der Waals surface area contributed by atoms with Gasteiger partial charge < -0.3 is 4.42 Å². The van der Waals surface area contributed by atoms with Crippen LogP contribution in [0.4, 0.5) is 16.4 Å². The molecule has 24 heavy (non-hydrogen) atoms. The number of imide groups is 1. The van der Waals surface area contributed by atoms with Crippen molar-refractivity contribution in [1.82, 2.24) is 0 Å². The van der Waals surface area contributed by atoms with Crippen molar-refractivity contribution in [3.63, 3.8) is 0 Å². The minimum absolute atomic E-state index is 0.265. The molecule has 2 heterocycles. The van der Waals surface area contributed by atoms with Gasteiger partial charge in [0.15, 0.2) is 0 Å². The molecule has 1 aromatic heterocycles. The quantitative estimate of drug-likeness (QED) is 0.474. The van der Waals surface area contributed by atoms with E-state index in [0.717, 1.165) is 16.7 Å². The van der Waals surface area contributed by atoms with E-state index in [1.165, 1.54) is 30.4 Å². The normalized spacial score (nSPS) is 16.5. The fourth-order valence-electron chi connectivity index (χ4n) is 2.04. The largest absolute Gasteiger partial charge is 0.433 e. The molecular formula is C16H10N2O5S. The lowest BCUT2D eigenvalue weighted by atomic mass is 10.3. The van der Waals surface area contributed by atoms with E-state index >= 15 is 0 Å². The van der Waals surface area contributed by atoms with Crippen LogP contribution in [0.15, 0.2) is 63.9 Å². The van der Waals surface area contributed by atoms with Crippen molar-refractivity contribution in [2.24, 2.45) is 0 Å². The van der Waals surface area contributed by atoms with Crippen LogP contribution in [0.3, 0.4) is 0 Å². The van der Waals surface area contributed by atoms with Gasteiger partial charge in [-0.2, -0.15) is 0 Å². The van der Waals surface area contributed by atoms with Crippen molar-refractivity contribution in [3.8, 4) is 0 Å². The van der Waals surface area contributed by atoms with Gasteiger partial charge >= 0.3 is 5.88 Å². The second-order valence-corrected chi connectivity index (χ2v) is 5.66. The van der Waals surface area contributed by atoms with Crippen molar-refractivity contribution in [3.05, 3.63) is 75.4 Å². The Morgan fingerprint density at radius 3 is 2.54 bits per heavy atom. The van der Waals surface area contributed by atoms with E-state index in [2.05, 4.69) is 0 Å². The zero-order valence-corrected chi connectivity index (χ0v) is 12.9. The van der Waals surface area contributed by atoms with Gasteiger partial charge in [-0.1, -0.05) is 24.3 Å². The fraction of sp³-hybridized carbons (Fsp3) is 0. The van der Waals surface area contributed by atoms with Gasteiger partial charge in [-0.05, 0) is 42.1 Å². The molecule has 3 rings (SSSR count). The third kappa shape index (κ3) is 3.13. The van der Waals surface area contributed by atoms with Gasteiger partial charge in [-0.25, -0.2) is 4.90 Å². The summed E-state index contributed by atoms with van der Waals surface area (Å²) in [7, 11) is 0.